The minimum absolute atomic E-state index is 0. The summed E-state index contributed by atoms with van der Waals surface area (Å²) in [4.78, 5) is 2.15. The van der Waals surface area contributed by atoms with Crippen molar-refractivity contribution in [1.29, 1.82) is 0 Å². The molecule has 1 aromatic carbocycles. The molecular weight excluding hydrogens is 414 g/mol. The summed E-state index contributed by atoms with van der Waals surface area (Å²) in [5.41, 5.74) is 1.27. The maximum Gasteiger partial charge on any atom is 0.0361 e. The van der Waals surface area contributed by atoms with E-state index in [1.807, 2.05) is 0 Å². The first-order valence-corrected chi connectivity index (χ1v) is 7.95. The van der Waals surface area contributed by atoms with E-state index in [0.717, 1.165) is 0 Å². The van der Waals surface area contributed by atoms with Crippen molar-refractivity contribution in [2.24, 2.45) is 0 Å². The Morgan fingerprint density at radius 2 is 1.10 bits per heavy atom. The number of hydrogen-bond donors (Lipinski definition) is 0. The molecule has 0 radical (unpaired) electrons. The number of nitrogens with zero attached hydrogens (tertiary/aromatic N) is 1. The first-order valence-electron chi connectivity index (χ1n) is 6.61. The Balaban J connectivity index is -0.00000108. The Kier molecular flexibility index (Phi) is 12.3. The van der Waals surface area contributed by atoms with Crippen LogP contribution in [0.2, 0.25) is 0 Å². The van der Waals surface area contributed by atoms with Crippen LogP contribution in [0.1, 0.15) is 41.5 Å². The third-order valence-corrected chi connectivity index (χ3v) is 6.46. The molecule has 0 amide bonds. The Morgan fingerprint density at radius 1 is 0.762 bits per heavy atom. The van der Waals surface area contributed by atoms with Crippen LogP contribution in [0.5, 0.6) is 0 Å². The predicted molar refractivity (Wildman–Crippen MR) is 101 cm³/mol. The molecule has 0 spiro atoms. The summed E-state index contributed by atoms with van der Waals surface area (Å²) >= 11 is 0. The summed E-state index contributed by atoms with van der Waals surface area (Å²) in [6.07, 6.45) is 0. The van der Waals surface area contributed by atoms with Gasteiger partial charge in [-0.2, -0.15) is 0 Å². The number of rotatable bonds is 2. The minimum Gasteiger partial charge on any atom is -0.378 e. The summed E-state index contributed by atoms with van der Waals surface area (Å²) in [5.74, 6) is 0. The molecule has 0 heterocycles. The van der Waals surface area contributed by atoms with E-state index < -0.39 is 0 Å². The van der Waals surface area contributed by atoms with Crippen LogP contribution in [0.4, 0.5) is 5.69 Å². The third-order valence-electron chi connectivity index (χ3n) is 2.97. The summed E-state index contributed by atoms with van der Waals surface area (Å²) in [6.45, 7) is 14.2. The minimum atomic E-state index is -0.188. The van der Waals surface area contributed by atoms with Crippen LogP contribution in [-0.2, 0) is 20.4 Å². The van der Waals surface area contributed by atoms with Crippen molar-refractivity contribution in [2.75, 3.05) is 19.0 Å². The van der Waals surface area contributed by atoms with Crippen LogP contribution in [0.3, 0.4) is 0 Å². The van der Waals surface area contributed by atoms with Crippen molar-refractivity contribution < 1.29 is 20.4 Å². The summed E-state index contributed by atoms with van der Waals surface area (Å²) in [6, 6.07) is 9.11. The molecule has 0 aliphatic carbocycles. The molecule has 0 atom stereocenters. The van der Waals surface area contributed by atoms with E-state index in [-0.39, 0.29) is 53.2 Å². The average molecular weight is 445 g/mol. The fourth-order valence-corrected chi connectivity index (χ4v) is 6.69. The van der Waals surface area contributed by atoms with E-state index in [2.05, 4.69) is 84.8 Å². The van der Waals surface area contributed by atoms with Crippen molar-refractivity contribution >= 4 is 43.7 Å². The molecular formula is C16H30Cl2NPPd. The average Bonchev–Trinajstić information content (AvgIpc) is 2.13. The first kappa shape index (κ1) is 26.6. The van der Waals surface area contributed by atoms with Gasteiger partial charge in [-0.15, -0.1) is 24.8 Å². The fraction of sp³-hybridized carbons (Fsp3) is 0.625. The molecule has 1 aromatic rings. The van der Waals surface area contributed by atoms with Crippen molar-refractivity contribution in [3.63, 3.8) is 0 Å². The predicted octanol–water partition coefficient (Wildman–Crippen LogP) is 5.30. The zero-order valence-electron chi connectivity index (χ0n) is 14.3. The molecule has 21 heavy (non-hydrogen) atoms. The molecule has 5 heteroatoms. The Morgan fingerprint density at radius 3 is 1.33 bits per heavy atom. The molecule has 0 aromatic heterocycles. The van der Waals surface area contributed by atoms with E-state index >= 15 is 0 Å². The molecule has 0 bridgehead atoms. The van der Waals surface area contributed by atoms with Gasteiger partial charge in [-0.1, -0.05) is 61.6 Å². The van der Waals surface area contributed by atoms with Crippen LogP contribution in [0.25, 0.3) is 0 Å². The van der Waals surface area contributed by atoms with Gasteiger partial charge in [0.2, 0.25) is 0 Å². The monoisotopic (exact) mass is 443 g/mol. The molecule has 1 rings (SSSR count). The van der Waals surface area contributed by atoms with Gasteiger partial charge in [-0.3, -0.25) is 0 Å². The Hall–Kier alpha value is 0.692. The molecule has 0 unspecified atom stereocenters. The van der Waals surface area contributed by atoms with Crippen LogP contribution in [-0.4, -0.2) is 24.4 Å². The maximum atomic E-state index is 2.36. The SMILES string of the molecule is CN(C)c1ccc(P(C(C)(C)C)C(C)(C)C)cc1.Cl.Cl.[Pd]. The molecule has 0 saturated heterocycles. The Labute approximate surface area is 158 Å². The maximum absolute atomic E-state index is 2.36. The van der Waals surface area contributed by atoms with Gasteiger partial charge in [0.15, 0.2) is 0 Å². The second kappa shape index (κ2) is 9.75. The van der Waals surface area contributed by atoms with Gasteiger partial charge in [0.1, 0.15) is 0 Å². The third kappa shape index (κ3) is 7.67. The quantitative estimate of drug-likeness (QED) is 0.442. The van der Waals surface area contributed by atoms with Crippen molar-refractivity contribution in [2.45, 2.75) is 51.9 Å². The second-order valence-corrected chi connectivity index (χ2v) is 11.0. The molecule has 128 valence electrons. The molecule has 0 aliphatic heterocycles. The Bertz CT molecular complexity index is 380. The molecule has 0 N–H and O–H groups in total. The van der Waals surface area contributed by atoms with Gasteiger partial charge in [0, 0.05) is 40.2 Å². The fourth-order valence-electron chi connectivity index (χ4n) is 2.68. The van der Waals surface area contributed by atoms with Crippen molar-refractivity contribution in [1.82, 2.24) is 0 Å². The van der Waals surface area contributed by atoms with E-state index in [4.69, 9.17) is 0 Å². The van der Waals surface area contributed by atoms with Crippen molar-refractivity contribution in [3.8, 4) is 0 Å². The van der Waals surface area contributed by atoms with Crippen LogP contribution < -0.4 is 10.2 Å². The first-order chi connectivity index (χ1) is 8.03. The smallest absolute Gasteiger partial charge is 0.0361 e. The summed E-state index contributed by atoms with van der Waals surface area (Å²) in [5, 5.41) is 2.19. The standard InChI is InChI=1S/C16H28NP.2ClH.Pd/c1-15(2,3)18(16(4,5)6)14-11-9-13(10-12-14)17(7)8;;;/h9-12H,1-8H3;2*1H;. The van der Waals surface area contributed by atoms with E-state index in [0.29, 0.717) is 10.3 Å². The second-order valence-electron chi connectivity index (χ2n) is 7.09. The van der Waals surface area contributed by atoms with Crippen LogP contribution in [0, 0.1) is 0 Å². The van der Waals surface area contributed by atoms with Gasteiger partial charge in [0.25, 0.3) is 0 Å². The number of benzene rings is 1. The van der Waals surface area contributed by atoms with Gasteiger partial charge < -0.3 is 4.90 Å². The number of halogens is 2. The molecule has 0 aliphatic rings. The molecule has 1 nitrogen and oxygen atoms in total. The van der Waals surface area contributed by atoms with E-state index in [9.17, 15) is 0 Å². The topological polar surface area (TPSA) is 3.24 Å². The molecule has 0 fully saturated rings. The number of hydrogen-bond acceptors (Lipinski definition) is 1. The number of anilines is 1. The normalized spacial score (nSPS) is 11.1. The summed E-state index contributed by atoms with van der Waals surface area (Å²) in [7, 11) is 3.99. The molecule has 0 saturated carbocycles. The van der Waals surface area contributed by atoms with Crippen LogP contribution in [0.15, 0.2) is 24.3 Å². The summed E-state index contributed by atoms with van der Waals surface area (Å²) < 4.78 is 0. The van der Waals surface area contributed by atoms with Gasteiger partial charge in [-0.05, 0) is 27.7 Å². The van der Waals surface area contributed by atoms with E-state index in [1.54, 1.807) is 0 Å². The van der Waals surface area contributed by atoms with Gasteiger partial charge in [-0.25, -0.2) is 0 Å². The van der Waals surface area contributed by atoms with Crippen LogP contribution >= 0.6 is 32.7 Å². The zero-order chi connectivity index (χ0) is 14.1. The zero-order valence-corrected chi connectivity index (χ0v) is 18.4. The van der Waals surface area contributed by atoms with Gasteiger partial charge >= 0.3 is 0 Å². The van der Waals surface area contributed by atoms with Gasteiger partial charge in [0.05, 0.1) is 0 Å². The van der Waals surface area contributed by atoms with E-state index in [1.165, 1.54) is 11.0 Å². The van der Waals surface area contributed by atoms with Crippen molar-refractivity contribution in [3.05, 3.63) is 24.3 Å². The largest absolute Gasteiger partial charge is 0.378 e.